The van der Waals surface area contributed by atoms with Crippen molar-refractivity contribution < 1.29 is 31.1 Å². The summed E-state index contributed by atoms with van der Waals surface area (Å²) in [5.74, 6) is -0.498. The summed E-state index contributed by atoms with van der Waals surface area (Å²) in [7, 11) is -3.90. The molecule has 1 saturated heterocycles. The molecule has 12 heteroatoms. The van der Waals surface area contributed by atoms with Crippen LogP contribution in [0.25, 0.3) is 11.1 Å². The van der Waals surface area contributed by atoms with Crippen molar-refractivity contribution >= 4 is 15.8 Å². The molecule has 0 saturated carbocycles. The Bertz CT molecular complexity index is 1250. The van der Waals surface area contributed by atoms with E-state index in [0.717, 1.165) is 16.4 Å². The van der Waals surface area contributed by atoms with Gasteiger partial charge in [0.1, 0.15) is 5.82 Å². The van der Waals surface area contributed by atoms with Gasteiger partial charge in [0.05, 0.1) is 22.6 Å². The van der Waals surface area contributed by atoms with Crippen molar-refractivity contribution in [1.82, 2.24) is 14.3 Å². The number of aliphatic hydroxyl groups excluding tert-OH is 1. The highest BCUT2D eigenvalue weighted by atomic mass is 32.2. The fourth-order valence-electron chi connectivity index (χ4n) is 3.68. The van der Waals surface area contributed by atoms with E-state index < -0.39 is 39.9 Å². The maximum absolute atomic E-state index is 13.3. The summed E-state index contributed by atoms with van der Waals surface area (Å²) < 4.78 is 78.6. The number of rotatable bonds is 5. The number of alkyl halides is 3. The second kappa shape index (κ2) is 9.28. The Hall–Kier alpha value is -3.09. The van der Waals surface area contributed by atoms with Crippen molar-refractivity contribution in [1.29, 1.82) is 0 Å². The molecule has 2 aromatic heterocycles. The first-order chi connectivity index (χ1) is 16.0. The van der Waals surface area contributed by atoms with Crippen LogP contribution in [0.3, 0.4) is 0 Å². The molecule has 0 bridgehead atoms. The summed E-state index contributed by atoms with van der Waals surface area (Å²) in [5.41, 5.74) is 0.280. The Morgan fingerprint density at radius 1 is 1.03 bits per heavy atom. The van der Waals surface area contributed by atoms with Gasteiger partial charge in [-0.05, 0) is 47.9 Å². The maximum atomic E-state index is 13.3. The zero-order valence-corrected chi connectivity index (χ0v) is 18.4. The fourth-order valence-corrected chi connectivity index (χ4v) is 5.15. The van der Waals surface area contributed by atoms with E-state index in [2.05, 4.69) is 15.3 Å². The van der Waals surface area contributed by atoms with E-state index in [-0.39, 0.29) is 30.2 Å². The van der Waals surface area contributed by atoms with Gasteiger partial charge in [0, 0.05) is 31.5 Å². The number of β-amino-alcohol motifs (C(OH)–C–C–N with tert-alkyl or cyclic N) is 1. The number of benzene rings is 1. The van der Waals surface area contributed by atoms with E-state index in [9.17, 15) is 31.1 Å². The minimum absolute atomic E-state index is 0.0220. The van der Waals surface area contributed by atoms with Crippen LogP contribution >= 0.6 is 0 Å². The van der Waals surface area contributed by atoms with E-state index in [4.69, 9.17) is 0 Å². The first-order valence-corrected chi connectivity index (χ1v) is 11.7. The molecule has 7 nitrogen and oxygen atoms in total. The van der Waals surface area contributed by atoms with Gasteiger partial charge in [0.25, 0.3) is 0 Å². The third-order valence-corrected chi connectivity index (χ3v) is 7.40. The number of hydrogen-bond acceptors (Lipinski definition) is 6. The van der Waals surface area contributed by atoms with Crippen LogP contribution in [-0.2, 0) is 16.2 Å². The second-order valence-corrected chi connectivity index (χ2v) is 9.73. The molecular weight excluding hydrogens is 476 g/mol. The lowest BCUT2D eigenvalue weighted by atomic mass is 10.0. The largest absolute Gasteiger partial charge is 0.417 e. The zero-order valence-electron chi connectivity index (χ0n) is 17.6. The average Bonchev–Trinajstić information content (AvgIpc) is 2.80. The first kappa shape index (κ1) is 24.0. The first-order valence-electron chi connectivity index (χ1n) is 10.2. The third-order valence-electron chi connectivity index (χ3n) is 5.52. The minimum Gasteiger partial charge on any atom is -0.390 e. The van der Waals surface area contributed by atoms with Crippen molar-refractivity contribution in [3.05, 3.63) is 72.4 Å². The van der Waals surface area contributed by atoms with Gasteiger partial charge in [-0.2, -0.15) is 21.9 Å². The molecule has 180 valence electrons. The molecule has 0 amide bonds. The minimum atomic E-state index is -4.50. The fraction of sp³-hybridized carbons (Fsp3) is 0.273. The van der Waals surface area contributed by atoms with Gasteiger partial charge in [-0.1, -0.05) is 12.1 Å². The van der Waals surface area contributed by atoms with Crippen molar-refractivity contribution in [3.8, 4) is 11.1 Å². The number of piperidine rings is 1. The summed E-state index contributed by atoms with van der Waals surface area (Å²) in [4.78, 5) is 7.24. The molecule has 3 heterocycles. The Morgan fingerprint density at radius 3 is 2.35 bits per heavy atom. The van der Waals surface area contributed by atoms with Crippen molar-refractivity contribution in [2.45, 2.75) is 29.6 Å². The van der Waals surface area contributed by atoms with Crippen LogP contribution in [-0.4, -0.2) is 53.0 Å². The Labute approximate surface area is 193 Å². The summed E-state index contributed by atoms with van der Waals surface area (Å²) in [6, 6.07) is 10.2. The molecule has 3 aromatic rings. The Balaban J connectivity index is 1.42. The number of hydrogen-bond donors (Lipinski definition) is 2. The normalized spacial score (nSPS) is 19.7. The van der Waals surface area contributed by atoms with Crippen LogP contribution in [0.5, 0.6) is 0 Å². The monoisotopic (exact) mass is 496 g/mol. The summed E-state index contributed by atoms with van der Waals surface area (Å²) in [6.07, 6.45) is -3.38. The van der Waals surface area contributed by atoms with Gasteiger partial charge in [-0.3, -0.25) is 0 Å². The molecule has 1 fully saturated rings. The molecule has 0 radical (unpaired) electrons. The van der Waals surface area contributed by atoms with Gasteiger partial charge >= 0.3 is 6.18 Å². The molecule has 34 heavy (non-hydrogen) atoms. The van der Waals surface area contributed by atoms with Crippen LogP contribution in [0.4, 0.5) is 23.4 Å². The SMILES string of the molecule is O=S(=O)(c1ccc(-c2ccnc(F)c2)cc1)N1CC[C@@H](Nc2ccc(C(F)(F)F)cn2)[C@@H](O)C1. The molecule has 1 aliphatic rings. The number of sulfonamides is 1. The Kier molecular flexibility index (Phi) is 6.56. The third kappa shape index (κ3) is 5.18. The Morgan fingerprint density at radius 2 is 1.76 bits per heavy atom. The lowest BCUT2D eigenvalue weighted by Crippen LogP contribution is -2.51. The number of pyridine rings is 2. The molecule has 1 aliphatic heterocycles. The number of nitrogens with zero attached hydrogens (tertiary/aromatic N) is 3. The van der Waals surface area contributed by atoms with Crippen molar-refractivity contribution in [3.63, 3.8) is 0 Å². The number of aromatic nitrogens is 2. The topological polar surface area (TPSA) is 95.4 Å². The van der Waals surface area contributed by atoms with E-state index in [1.807, 2.05) is 0 Å². The predicted octanol–water partition coefficient (Wildman–Crippen LogP) is 3.54. The highest BCUT2D eigenvalue weighted by Gasteiger charge is 2.35. The van der Waals surface area contributed by atoms with Crippen LogP contribution in [0.15, 0.2) is 65.8 Å². The lowest BCUT2D eigenvalue weighted by Gasteiger charge is -2.35. The highest BCUT2D eigenvalue weighted by Crippen LogP contribution is 2.30. The van der Waals surface area contributed by atoms with Gasteiger partial charge in [0.2, 0.25) is 16.0 Å². The van der Waals surface area contributed by atoms with Crippen LogP contribution in [0.2, 0.25) is 0 Å². The lowest BCUT2D eigenvalue weighted by molar-refractivity contribution is -0.137. The predicted molar refractivity (Wildman–Crippen MR) is 116 cm³/mol. The van der Waals surface area contributed by atoms with Crippen molar-refractivity contribution in [2.24, 2.45) is 0 Å². The molecule has 0 aliphatic carbocycles. The second-order valence-electron chi connectivity index (χ2n) is 7.79. The van der Waals surface area contributed by atoms with Gasteiger partial charge in [0.15, 0.2) is 0 Å². The molecule has 1 aromatic carbocycles. The summed E-state index contributed by atoms with van der Waals surface area (Å²) in [5, 5.41) is 13.4. The van der Waals surface area contributed by atoms with Gasteiger partial charge in [-0.15, -0.1) is 0 Å². The summed E-state index contributed by atoms with van der Waals surface area (Å²) in [6.45, 7) is -0.104. The molecule has 0 unspecified atom stereocenters. The molecular formula is C22H20F4N4O3S. The van der Waals surface area contributed by atoms with Crippen LogP contribution in [0, 0.1) is 5.95 Å². The quantitative estimate of drug-likeness (QED) is 0.415. The highest BCUT2D eigenvalue weighted by molar-refractivity contribution is 7.89. The number of aliphatic hydroxyl groups is 1. The molecule has 0 spiro atoms. The smallest absolute Gasteiger partial charge is 0.390 e. The average molecular weight is 496 g/mol. The van der Waals surface area contributed by atoms with E-state index in [1.54, 1.807) is 18.2 Å². The van der Waals surface area contributed by atoms with Crippen LogP contribution in [0.1, 0.15) is 12.0 Å². The number of anilines is 1. The maximum Gasteiger partial charge on any atom is 0.417 e. The number of nitrogens with one attached hydrogen (secondary N) is 1. The van der Waals surface area contributed by atoms with Gasteiger partial charge < -0.3 is 10.4 Å². The molecule has 2 atom stereocenters. The van der Waals surface area contributed by atoms with Gasteiger partial charge in [-0.25, -0.2) is 18.4 Å². The summed E-state index contributed by atoms with van der Waals surface area (Å²) >= 11 is 0. The molecule has 4 rings (SSSR count). The van der Waals surface area contributed by atoms with E-state index in [0.29, 0.717) is 17.3 Å². The van der Waals surface area contributed by atoms with Crippen molar-refractivity contribution in [2.75, 3.05) is 18.4 Å². The standard InChI is InChI=1S/C22H20F4N4O3S/c23-20-11-15(7-9-27-20)14-1-4-17(5-2-14)34(32,33)30-10-8-18(19(31)13-30)29-21-6-3-16(12-28-21)22(24,25)26/h1-7,9,11-12,18-19,31H,8,10,13H2,(H,28,29)/t18-,19+/m1/s1. The zero-order chi connectivity index (χ0) is 24.5. The molecule has 2 N–H and O–H groups in total. The number of halogens is 4. The van der Waals surface area contributed by atoms with Crippen LogP contribution < -0.4 is 5.32 Å². The van der Waals surface area contributed by atoms with E-state index >= 15 is 0 Å². The van der Waals surface area contributed by atoms with E-state index in [1.165, 1.54) is 24.4 Å².